The summed E-state index contributed by atoms with van der Waals surface area (Å²) in [6.07, 6.45) is 5.40. The first-order valence-electron chi connectivity index (χ1n) is 10.6. The van der Waals surface area contributed by atoms with Gasteiger partial charge in [0.1, 0.15) is 5.82 Å². The summed E-state index contributed by atoms with van der Waals surface area (Å²) in [5.74, 6) is 0.126. The summed E-state index contributed by atoms with van der Waals surface area (Å²) in [5.41, 5.74) is 1.26. The number of sulfonamides is 1. The maximum Gasteiger partial charge on any atom is 0.256 e. The predicted molar refractivity (Wildman–Crippen MR) is 124 cm³/mol. The summed E-state index contributed by atoms with van der Waals surface area (Å²) >= 11 is 5.94. The van der Waals surface area contributed by atoms with Crippen LogP contribution in [0, 0.1) is 0 Å². The molecule has 0 saturated carbocycles. The highest BCUT2D eigenvalue weighted by molar-refractivity contribution is 7.89. The Kier molecular flexibility index (Phi) is 6.93. The van der Waals surface area contributed by atoms with Crippen LogP contribution in [0.3, 0.4) is 0 Å². The molecule has 1 N–H and O–H groups in total. The maximum absolute atomic E-state index is 13.1. The van der Waals surface area contributed by atoms with E-state index in [0.717, 1.165) is 31.2 Å². The Bertz CT molecular complexity index is 1180. The van der Waals surface area contributed by atoms with Gasteiger partial charge in [0.05, 0.1) is 17.6 Å². The highest BCUT2D eigenvalue weighted by Crippen LogP contribution is 2.22. The van der Waals surface area contributed by atoms with Gasteiger partial charge in [-0.2, -0.15) is 9.40 Å². The lowest BCUT2D eigenvalue weighted by molar-refractivity contribution is 0.102. The van der Waals surface area contributed by atoms with Crippen molar-refractivity contribution in [2.24, 2.45) is 0 Å². The summed E-state index contributed by atoms with van der Waals surface area (Å²) in [5, 5.41) is 7.76. The number of anilines is 1. The average molecular weight is 473 g/mol. The van der Waals surface area contributed by atoms with Crippen molar-refractivity contribution in [2.75, 3.05) is 18.4 Å². The van der Waals surface area contributed by atoms with Crippen molar-refractivity contribution < 1.29 is 13.2 Å². The summed E-state index contributed by atoms with van der Waals surface area (Å²) < 4.78 is 29.4. The molecule has 0 atom stereocenters. The third-order valence-corrected chi connectivity index (χ3v) is 7.65. The number of rotatable bonds is 6. The number of benzene rings is 2. The largest absolute Gasteiger partial charge is 0.307 e. The van der Waals surface area contributed by atoms with Gasteiger partial charge >= 0.3 is 0 Å². The molecule has 1 aliphatic rings. The zero-order valence-corrected chi connectivity index (χ0v) is 19.1. The van der Waals surface area contributed by atoms with Crippen molar-refractivity contribution in [2.45, 2.75) is 37.1 Å². The Hall–Kier alpha value is -2.68. The molecule has 3 aromatic rings. The van der Waals surface area contributed by atoms with E-state index in [9.17, 15) is 13.2 Å². The Balaban J connectivity index is 1.50. The van der Waals surface area contributed by atoms with Gasteiger partial charge in [0.25, 0.3) is 5.91 Å². The molecule has 2 aromatic carbocycles. The highest BCUT2D eigenvalue weighted by atomic mass is 35.5. The van der Waals surface area contributed by atoms with Gasteiger partial charge < -0.3 is 5.32 Å². The standard InChI is InChI=1S/C23H25ClN4O3S/c24-20-10-8-18(9-11-20)17-28-22(12-13-25-28)26-23(29)19-6-5-7-21(16-19)32(30,31)27-14-3-1-2-4-15-27/h5-13,16H,1-4,14-15,17H2,(H,26,29). The van der Waals surface area contributed by atoms with Gasteiger partial charge in [-0.05, 0) is 48.7 Å². The molecule has 7 nitrogen and oxygen atoms in total. The topological polar surface area (TPSA) is 84.3 Å². The van der Waals surface area contributed by atoms with Crippen molar-refractivity contribution in [1.82, 2.24) is 14.1 Å². The number of hydrogen-bond acceptors (Lipinski definition) is 4. The van der Waals surface area contributed by atoms with E-state index in [1.165, 1.54) is 10.4 Å². The second-order valence-electron chi connectivity index (χ2n) is 7.80. The minimum absolute atomic E-state index is 0.140. The smallest absolute Gasteiger partial charge is 0.256 e. The number of aromatic nitrogens is 2. The van der Waals surface area contributed by atoms with E-state index in [1.54, 1.807) is 47.3 Å². The van der Waals surface area contributed by atoms with Crippen molar-refractivity contribution in [3.05, 3.63) is 76.9 Å². The third kappa shape index (κ3) is 5.20. The van der Waals surface area contributed by atoms with Crippen LogP contribution in [-0.4, -0.2) is 41.5 Å². The first-order valence-corrected chi connectivity index (χ1v) is 12.4. The fraction of sp³-hybridized carbons (Fsp3) is 0.304. The van der Waals surface area contributed by atoms with Crippen molar-refractivity contribution >= 4 is 33.3 Å². The van der Waals surface area contributed by atoms with Gasteiger partial charge in [0, 0.05) is 29.7 Å². The van der Waals surface area contributed by atoms with Crippen LogP contribution in [0.1, 0.15) is 41.6 Å². The summed E-state index contributed by atoms with van der Waals surface area (Å²) in [4.78, 5) is 13.0. The number of amides is 1. The molecule has 0 unspecified atom stereocenters. The van der Waals surface area contributed by atoms with Crippen LogP contribution in [0.25, 0.3) is 0 Å². The molecule has 4 rings (SSSR count). The Morgan fingerprint density at radius 2 is 1.72 bits per heavy atom. The first kappa shape index (κ1) is 22.5. The van der Waals surface area contributed by atoms with Crippen LogP contribution in [0.15, 0.2) is 65.7 Å². The lowest BCUT2D eigenvalue weighted by Gasteiger charge is -2.20. The van der Waals surface area contributed by atoms with E-state index in [4.69, 9.17) is 11.6 Å². The van der Waals surface area contributed by atoms with E-state index < -0.39 is 15.9 Å². The second kappa shape index (κ2) is 9.85. The van der Waals surface area contributed by atoms with Crippen LogP contribution in [0.5, 0.6) is 0 Å². The summed E-state index contributed by atoms with van der Waals surface area (Å²) in [7, 11) is -3.63. The molecule has 2 heterocycles. The molecule has 1 aliphatic heterocycles. The average Bonchev–Trinajstić information content (AvgIpc) is 3.04. The Labute approximate surface area is 193 Å². The van der Waals surface area contributed by atoms with Crippen LogP contribution in [0.4, 0.5) is 5.82 Å². The monoisotopic (exact) mass is 472 g/mol. The lowest BCUT2D eigenvalue weighted by atomic mass is 10.2. The summed E-state index contributed by atoms with van der Waals surface area (Å²) in [6.45, 7) is 1.49. The van der Waals surface area contributed by atoms with E-state index in [0.29, 0.717) is 30.5 Å². The van der Waals surface area contributed by atoms with E-state index in [2.05, 4.69) is 10.4 Å². The quantitative estimate of drug-likeness (QED) is 0.576. The Morgan fingerprint density at radius 3 is 2.44 bits per heavy atom. The van der Waals surface area contributed by atoms with Gasteiger partial charge in [0.15, 0.2) is 0 Å². The fourth-order valence-corrected chi connectivity index (χ4v) is 5.43. The van der Waals surface area contributed by atoms with Crippen LogP contribution in [0.2, 0.25) is 5.02 Å². The van der Waals surface area contributed by atoms with Crippen LogP contribution >= 0.6 is 11.6 Å². The van der Waals surface area contributed by atoms with E-state index >= 15 is 0 Å². The molecule has 9 heteroatoms. The van der Waals surface area contributed by atoms with E-state index in [1.807, 2.05) is 12.1 Å². The zero-order valence-electron chi connectivity index (χ0n) is 17.6. The number of nitrogens with zero attached hydrogens (tertiary/aromatic N) is 3. The lowest BCUT2D eigenvalue weighted by Crippen LogP contribution is -2.32. The van der Waals surface area contributed by atoms with Gasteiger partial charge in [-0.25, -0.2) is 13.1 Å². The fourth-order valence-electron chi connectivity index (χ4n) is 3.74. The molecule has 1 aromatic heterocycles. The van der Waals surface area contributed by atoms with Gasteiger partial charge in [-0.15, -0.1) is 0 Å². The highest BCUT2D eigenvalue weighted by Gasteiger charge is 2.26. The number of halogens is 1. The van der Waals surface area contributed by atoms with Crippen molar-refractivity contribution in [3.63, 3.8) is 0 Å². The van der Waals surface area contributed by atoms with E-state index in [-0.39, 0.29) is 10.5 Å². The summed E-state index contributed by atoms with van der Waals surface area (Å²) in [6, 6.07) is 15.3. The molecular weight excluding hydrogens is 448 g/mol. The minimum Gasteiger partial charge on any atom is -0.307 e. The van der Waals surface area contributed by atoms with Crippen LogP contribution < -0.4 is 5.32 Å². The van der Waals surface area contributed by atoms with Gasteiger partial charge in [0.2, 0.25) is 10.0 Å². The number of carbonyl (C=O) groups excluding carboxylic acids is 1. The molecule has 1 saturated heterocycles. The van der Waals surface area contributed by atoms with Gasteiger partial charge in [-0.1, -0.05) is 42.6 Å². The predicted octanol–water partition coefficient (Wildman–Crippen LogP) is 4.40. The number of hydrogen-bond donors (Lipinski definition) is 1. The SMILES string of the molecule is O=C(Nc1ccnn1Cc1ccc(Cl)cc1)c1cccc(S(=O)(=O)N2CCCCCC2)c1. The van der Waals surface area contributed by atoms with Crippen molar-refractivity contribution in [1.29, 1.82) is 0 Å². The minimum atomic E-state index is -3.63. The Morgan fingerprint density at radius 1 is 1.00 bits per heavy atom. The number of nitrogens with one attached hydrogen (secondary N) is 1. The molecule has 1 amide bonds. The number of carbonyl (C=O) groups is 1. The molecule has 168 valence electrons. The van der Waals surface area contributed by atoms with Gasteiger partial charge in [-0.3, -0.25) is 4.79 Å². The molecule has 0 bridgehead atoms. The maximum atomic E-state index is 13.1. The molecule has 32 heavy (non-hydrogen) atoms. The van der Waals surface area contributed by atoms with Crippen molar-refractivity contribution in [3.8, 4) is 0 Å². The van der Waals surface area contributed by atoms with Crippen LogP contribution in [-0.2, 0) is 16.6 Å². The second-order valence-corrected chi connectivity index (χ2v) is 10.2. The first-order chi connectivity index (χ1) is 15.4. The molecule has 0 spiro atoms. The molecule has 1 fully saturated rings. The normalized spacial score (nSPS) is 15.3. The molecule has 0 radical (unpaired) electrons. The third-order valence-electron chi connectivity index (χ3n) is 5.50. The zero-order chi connectivity index (χ0) is 22.6. The molecular formula is C23H25ClN4O3S. The molecule has 0 aliphatic carbocycles.